The second-order valence-electron chi connectivity index (χ2n) is 2.47. The van der Waals surface area contributed by atoms with Crippen LogP contribution in [0.25, 0.3) is 0 Å². The maximum atomic E-state index is 12.3. The number of hydrogen-bond acceptors (Lipinski definition) is 1. The zero-order chi connectivity index (χ0) is 10.9. The number of carbonyl (C=O) groups excluding carboxylic acids is 1. The average Bonchev–Trinajstić information content (AvgIpc) is 2.02. The van der Waals surface area contributed by atoms with Crippen molar-refractivity contribution in [3.63, 3.8) is 0 Å². The summed E-state index contributed by atoms with van der Waals surface area (Å²) >= 11 is 8.25. The summed E-state index contributed by atoms with van der Waals surface area (Å²) in [6.45, 7) is 0. The van der Waals surface area contributed by atoms with Crippen LogP contribution in [-0.4, -0.2) is 6.29 Å². The Labute approximate surface area is 91.0 Å². The van der Waals surface area contributed by atoms with Crippen LogP contribution in [0.1, 0.15) is 15.9 Å². The summed E-state index contributed by atoms with van der Waals surface area (Å²) in [6.07, 6.45) is -4.22. The maximum absolute atomic E-state index is 12.3. The molecular formula is C8H3BrClF3O. The van der Waals surface area contributed by atoms with Crippen LogP contribution in [-0.2, 0) is 6.18 Å². The van der Waals surface area contributed by atoms with Crippen LogP contribution in [0.15, 0.2) is 16.6 Å². The third-order valence-electron chi connectivity index (χ3n) is 1.52. The third kappa shape index (κ3) is 2.27. The minimum absolute atomic E-state index is 0.0140. The Morgan fingerprint density at radius 3 is 2.36 bits per heavy atom. The molecule has 0 heterocycles. The Bertz CT molecular complexity index is 376. The molecule has 0 unspecified atom stereocenters. The molecule has 6 heteroatoms. The topological polar surface area (TPSA) is 17.1 Å². The highest BCUT2D eigenvalue weighted by Crippen LogP contribution is 2.37. The molecule has 0 aromatic heterocycles. The molecule has 0 fully saturated rings. The number of hydrogen-bond donors (Lipinski definition) is 0. The zero-order valence-electron chi connectivity index (χ0n) is 6.53. The van der Waals surface area contributed by atoms with Gasteiger partial charge in [-0.2, -0.15) is 13.2 Å². The fraction of sp³-hybridized carbons (Fsp3) is 0.125. The zero-order valence-corrected chi connectivity index (χ0v) is 8.87. The molecule has 76 valence electrons. The molecule has 0 saturated carbocycles. The van der Waals surface area contributed by atoms with Gasteiger partial charge in [-0.25, -0.2) is 0 Å². The van der Waals surface area contributed by atoms with Crippen molar-refractivity contribution in [2.75, 3.05) is 0 Å². The van der Waals surface area contributed by atoms with Crippen LogP contribution >= 0.6 is 27.5 Å². The van der Waals surface area contributed by atoms with Crippen molar-refractivity contribution < 1.29 is 18.0 Å². The van der Waals surface area contributed by atoms with Crippen molar-refractivity contribution >= 4 is 33.8 Å². The van der Waals surface area contributed by atoms with Crippen molar-refractivity contribution in [2.45, 2.75) is 6.18 Å². The molecule has 0 spiro atoms. The van der Waals surface area contributed by atoms with Crippen LogP contribution in [0.5, 0.6) is 0 Å². The summed E-state index contributed by atoms with van der Waals surface area (Å²) in [4.78, 5) is 10.4. The van der Waals surface area contributed by atoms with Crippen molar-refractivity contribution in [3.05, 3.63) is 32.8 Å². The minimum atomic E-state index is -4.50. The van der Waals surface area contributed by atoms with Gasteiger partial charge in [-0.05, 0) is 12.1 Å². The predicted molar refractivity (Wildman–Crippen MR) is 49.5 cm³/mol. The molecule has 1 aromatic rings. The molecule has 14 heavy (non-hydrogen) atoms. The summed E-state index contributed by atoms with van der Waals surface area (Å²) in [5.41, 5.74) is -1.09. The number of benzene rings is 1. The van der Waals surface area contributed by atoms with Crippen molar-refractivity contribution in [3.8, 4) is 0 Å². The normalized spacial score (nSPS) is 11.5. The molecule has 0 atom stereocenters. The van der Waals surface area contributed by atoms with E-state index >= 15 is 0 Å². The molecule has 0 aliphatic heterocycles. The van der Waals surface area contributed by atoms with E-state index in [-0.39, 0.29) is 21.3 Å². The van der Waals surface area contributed by atoms with E-state index in [9.17, 15) is 18.0 Å². The van der Waals surface area contributed by atoms with Gasteiger partial charge in [0.05, 0.1) is 10.6 Å². The Kier molecular flexibility index (Phi) is 3.21. The number of alkyl halides is 3. The third-order valence-corrected chi connectivity index (χ3v) is 2.50. The molecular weight excluding hydrogens is 284 g/mol. The lowest BCUT2D eigenvalue weighted by Gasteiger charge is -2.10. The lowest BCUT2D eigenvalue weighted by molar-refractivity contribution is -0.138. The first kappa shape index (κ1) is 11.5. The number of aldehydes is 1. The molecule has 1 aromatic carbocycles. The van der Waals surface area contributed by atoms with Crippen LogP contribution in [0, 0.1) is 0 Å². The van der Waals surface area contributed by atoms with Gasteiger partial charge in [0.25, 0.3) is 0 Å². The molecule has 0 aliphatic carbocycles. The fourth-order valence-electron chi connectivity index (χ4n) is 0.873. The van der Waals surface area contributed by atoms with E-state index in [4.69, 9.17) is 11.6 Å². The first-order valence-electron chi connectivity index (χ1n) is 3.37. The largest absolute Gasteiger partial charge is 0.417 e. The van der Waals surface area contributed by atoms with E-state index in [2.05, 4.69) is 15.9 Å². The van der Waals surface area contributed by atoms with E-state index in [1.807, 2.05) is 0 Å². The standard InChI is InChI=1S/C8H3BrClF3O/c9-6-2-7(10)4(3-14)1-5(6)8(11,12)13/h1-3H. The first-order chi connectivity index (χ1) is 6.36. The van der Waals surface area contributed by atoms with Gasteiger partial charge in [0.1, 0.15) is 0 Å². The first-order valence-corrected chi connectivity index (χ1v) is 4.54. The van der Waals surface area contributed by atoms with Gasteiger partial charge in [-0.15, -0.1) is 0 Å². The maximum Gasteiger partial charge on any atom is 0.417 e. The highest BCUT2D eigenvalue weighted by molar-refractivity contribution is 9.10. The second-order valence-corrected chi connectivity index (χ2v) is 3.73. The summed E-state index contributed by atoms with van der Waals surface area (Å²) in [5, 5.41) is -0.0140. The molecule has 0 bridgehead atoms. The SMILES string of the molecule is O=Cc1cc(C(F)(F)F)c(Br)cc1Cl. The lowest BCUT2D eigenvalue weighted by Crippen LogP contribution is -2.07. The minimum Gasteiger partial charge on any atom is -0.298 e. The molecule has 1 nitrogen and oxygen atoms in total. The van der Waals surface area contributed by atoms with E-state index in [0.717, 1.165) is 6.07 Å². The summed E-state index contributed by atoms with van der Waals surface area (Å²) in [7, 11) is 0. The number of halogens is 5. The smallest absolute Gasteiger partial charge is 0.298 e. The van der Waals surface area contributed by atoms with Crippen LogP contribution in [0.2, 0.25) is 5.02 Å². The van der Waals surface area contributed by atoms with Gasteiger partial charge in [0.15, 0.2) is 6.29 Å². The van der Waals surface area contributed by atoms with E-state index in [0.29, 0.717) is 6.07 Å². The predicted octanol–water partition coefficient (Wildman–Crippen LogP) is 3.93. The van der Waals surface area contributed by atoms with Crippen LogP contribution in [0.4, 0.5) is 13.2 Å². The molecule has 0 aliphatic rings. The van der Waals surface area contributed by atoms with Gasteiger partial charge in [-0.1, -0.05) is 27.5 Å². The highest BCUT2D eigenvalue weighted by atomic mass is 79.9. The van der Waals surface area contributed by atoms with Crippen molar-refractivity contribution in [1.82, 2.24) is 0 Å². The highest BCUT2D eigenvalue weighted by Gasteiger charge is 2.33. The van der Waals surface area contributed by atoms with Gasteiger partial charge in [0.2, 0.25) is 0 Å². The second kappa shape index (κ2) is 3.90. The van der Waals surface area contributed by atoms with E-state index in [1.165, 1.54) is 0 Å². The Balaban J connectivity index is 3.39. The Morgan fingerprint density at radius 2 is 1.93 bits per heavy atom. The van der Waals surface area contributed by atoms with Gasteiger partial charge >= 0.3 is 6.18 Å². The summed E-state index contributed by atoms with van der Waals surface area (Å²) in [5.74, 6) is 0. The molecule has 0 amide bonds. The molecule has 0 radical (unpaired) electrons. The molecule has 0 saturated heterocycles. The van der Waals surface area contributed by atoms with E-state index in [1.54, 1.807) is 0 Å². The van der Waals surface area contributed by atoms with Gasteiger partial charge < -0.3 is 0 Å². The number of carbonyl (C=O) groups is 1. The molecule has 1 rings (SSSR count). The quantitative estimate of drug-likeness (QED) is 0.715. The van der Waals surface area contributed by atoms with E-state index < -0.39 is 11.7 Å². The average molecular weight is 287 g/mol. The monoisotopic (exact) mass is 286 g/mol. The van der Waals surface area contributed by atoms with Gasteiger partial charge in [0, 0.05) is 10.0 Å². The summed E-state index contributed by atoms with van der Waals surface area (Å²) < 4.78 is 36.7. The van der Waals surface area contributed by atoms with Crippen LogP contribution in [0.3, 0.4) is 0 Å². The van der Waals surface area contributed by atoms with Crippen LogP contribution < -0.4 is 0 Å². The van der Waals surface area contributed by atoms with Gasteiger partial charge in [-0.3, -0.25) is 4.79 Å². The van der Waals surface area contributed by atoms with Crippen molar-refractivity contribution in [2.24, 2.45) is 0 Å². The fourth-order valence-corrected chi connectivity index (χ4v) is 1.78. The number of rotatable bonds is 1. The Morgan fingerprint density at radius 1 is 1.36 bits per heavy atom. The summed E-state index contributed by atoms with van der Waals surface area (Å²) in [6, 6.07) is 1.76. The lowest BCUT2D eigenvalue weighted by atomic mass is 10.1. The molecule has 0 N–H and O–H groups in total. The Hall–Kier alpha value is -0.550. The van der Waals surface area contributed by atoms with Crippen molar-refractivity contribution in [1.29, 1.82) is 0 Å².